The molecule has 1 fully saturated rings. The van der Waals surface area contributed by atoms with Gasteiger partial charge in [0, 0.05) is 37.6 Å². The Bertz CT molecular complexity index is 773. The molecule has 0 aromatic heterocycles. The van der Waals surface area contributed by atoms with E-state index in [2.05, 4.69) is 5.32 Å². The van der Waals surface area contributed by atoms with Crippen LogP contribution in [0, 0.1) is 0 Å². The minimum Gasteiger partial charge on any atom is -0.457 e. The first-order chi connectivity index (χ1) is 12.1. The first kappa shape index (κ1) is 16.7. The third-order valence-corrected chi connectivity index (χ3v) is 3.81. The van der Waals surface area contributed by atoms with E-state index >= 15 is 0 Å². The smallest absolute Gasteiger partial charge is 0.229 e. The molecule has 2 aromatic rings. The highest BCUT2D eigenvalue weighted by Gasteiger charge is 2.28. The van der Waals surface area contributed by atoms with Crippen molar-refractivity contribution in [3.05, 3.63) is 54.6 Å². The Balaban J connectivity index is 1.55. The Kier molecular flexibility index (Phi) is 5.09. The van der Waals surface area contributed by atoms with Crippen molar-refractivity contribution in [3.63, 3.8) is 0 Å². The lowest BCUT2D eigenvalue weighted by Crippen LogP contribution is -2.32. The van der Waals surface area contributed by atoms with E-state index in [1.807, 2.05) is 30.3 Å². The van der Waals surface area contributed by atoms with Gasteiger partial charge in [0.2, 0.25) is 17.7 Å². The van der Waals surface area contributed by atoms with Crippen LogP contribution < -0.4 is 10.1 Å². The molecule has 0 bridgehead atoms. The number of amides is 3. The van der Waals surface area contributed by atoms with Crippen molar-refractivity contribution in [2.24, 2.45) is 0 Å². The molecule has 0 atom stereocenters. The van der Waals surface area contributed by atoms with Crippen LogP contribution in [-0.2, 0) is 14.4 Å². The van der Waals surface area contributed by atoms with Gasteiger partial charge in [-0.05, 0) is 24.3 Å². The molecule has 0 aliphatic carbocycles. The van der Waals surface area contributed by atoms with Gasteiger partial charge in [-0.15, -0.1) is 0 Å². The zero-order valence-corrected chi connectivity index (χ0v) is 13.6. The predicted molar refractivity (Wildman–Crippen MR) is 92.2 cm³/mol. The zero-order chi connectivity index (χ0) is 17.6. The first-order valence-corrected chi connectivity index (χ1v) is 8.08. The molecule has 2 aromatic carbocycles. The minimum absolute atomic E-state index is 0.0707. The Hall–Kier alpha value is -3.15. The number of imide groups is 1. The van der Waals surface area contributed by atoms with E-state index in [4.69, 9.17) is 4.74 Å². The number of nitrogens with zero attached hydrogens (tertiary/aromatic N) is 1. The number of carbonyl (C=O) groups is 3. The fraction of sp³-hybridized carbons (Fsp3) is 0.211. The normalized spacial score (nSPS) is 13.8. The van der Waals surface area contributed by atoms with E-state index in [1.54, 1.807) is 24.3 Å². The van der Waals surface area contributed by atoms with Crippen molar-refractivity contribution < 1.29 is 19.1 Å². The van der Waals surface area contributed by atoms with Gasteiger partial charge in [-0.25, -0.2) is 0 Å². The molecule has 128 valence electrons. The van der Waals surface area contributed by atoms with Crippen LogP contribution in [-0.4, -0.2) is 29.2 Å². The van der Waals surface area contributed by atoms with Crippen molar-refractivity contribution in [3.8, 4) is 11.5 Å². The third kappa shape index (κ3) is 4.44. The second kappa shape index (κ2) is 7.61. The first-order valence-electron chi connectivity index (χ1n) is 8.08. The summed E-state index contributed by atoms with van der Waals surface area (Å²) in [5, 5.41) is 2.75. The van der Waals surface area contributed by atoms with Crippen LogP contribution in [0.3, 0.4) is 0 Å². The summed E-state index contributed by atoms with van der Waals surface area (Å²) in [6, 6.07) is 16.4. The predicted octanol–water partition coefficient (Wildman–Crippen LogP) is 2.96. The number of ether oxygens (including phenoxy) is 1. The van der Waals surface area contributed by atoms with E-state index < -0.39 is 0 Å². The fourth-order valence-electron chi connectivity index (χ4n) is 2.57. The molecular weight excluding hydrogens is 320 g/mol. The van der Waals surface area contributed by atoms with Crippen LogP contribution in [0.15, 0.2) is 54.6 Å². The van der Waals surface area contributed by atoms with Crippen molar-refractivity contribution >= 4 is 23.4 Å². The Labute approximate surface area is 145 Å². The second-order valence-electron chi connectivity index (χ2n) is 5.68. The van der Waals surface area contributed by atoms with Crippen LogP contribution in [0.5, 0.6) is 11.5 Å². The average molecular weight is 338 g/mol. The molecule has 25 heavy (non-hydrogen) atoms. The lowest BCUT2D eigenvalue weighted by Gasteiger charge is -2.13. The highest BCUT2D eigenvalue weighted by Crippen LogP contribution is 2.24. The molecule has 3 amide bonds. The maximum absolute atomic E-state index is 12.1. The monoisotopic (exact) mass is 338 g/mol. The summed E-state index contributed by atoms with van der Waals surface area (Å²) in [6.07, 6.45) is 0.542. The number of hydrogen-bond donors (Lipinski definition) is 1. The zero-order valence-electron chi connectivity index (χ0n) is 13.6. The van der Waals surface area contributed by atoms with Crippen LogP contribution in [0.4, 0.5) is 5.69 Å². The summed E-state index contributed by atoms with van der Waals surface area (Å²) in [5.74, 6) is 0.627. The van der Waals surface area contributed by atoms with Crippen molar-refractivity contribution in [2.45, 2.75) is 19.3 Å². The number of para-hydroxylation sites is 1. The van der Waals surface area contributed by atoms with E-state index in [9.17, 15) is 14.4 Å². The minimum atomic E-state index is -0.260. The maximum atomic E-state index is 12.1. The number of likely N-dealkylation sites (tertiary alicyclic amines) is 1. The molecule has 1 heterocycles. The summed E-state index contributed by atoms with van der Waals surface area (Å²) in [5.41, 5.74) is 0.595. The molecule has 0 spiro atoms. The third-order valence-electron chi connectivity index (χ3n) is 3.81. The molecule has 1 N–H and O–H groups in total. The van der Waals surface area contributed by atoms with Gasteiger partial charge in [-0.1, -0.05) is 24.3 Å². The Morgan fingerprint density at radius 1 is 0.960 bits per heavy atom. The van der Waals surface area contributed by atoms with Crippen LogP contribution in [0.25, 0.3) is 0 Å². The number of nitrogens with one attached hydrogen (secondary N) is 1. The van der Waals surface area contributed by atoms with Gasteiger partial charge in [0.15, 0.2) is 0 Å². The molecule has 1 aliphatic rings. The lowest BCUT2D eigenvalue weighted by atomic mass is 10.2. The van der Waals surface area contributed by atoms with Gasteiger partial charge < -0.3 is 10.1 Å². The second-order valence-corrected chi connectivity index (χ2v) is 5.68. The highest BCUT2D eigenvalue weighted by atomic mass is 16.5. The summed E-state index contributed by atoms with van der Waals surface area (Å²) < 4.78 is 5.72. The number of rotatable bonds is 6. The largest absolute Gasteiger partial charge is 0.457 e. The summed E-state index contributed by atoms with van der Waals surface area (Å²) in [4.78, 5) is 36.3. The molecule has 0 unspecified atom stereocenters. The van der Waals surface area contributed by atoms with E-state index in [-0.39, 0.29) is 43.5 Å². The fourth-order valence-corrected chi connectivity index (χ4v) is 2.57. The SMILES string of the molecule is O=C(CCN1C(=O)CCC1=O)Nc1cccc(Oc2ccccc2)c1. The average Bonchev–Trinajstić information content (AvgIpc) is 2.92. The molecule has 6 heteroatoms. The van der Waals surface area contributed by atoms with Crippen LogP contribution >= 0.6 is 0 Å². The van der Waals surface area contributed by atoms with Crippen molar-refractivity contribution in [1.82, 2.24) is 4.90 Å². The lowest BCUT2D eigenvalue weighted by molar-refractivity contribution is -0.138. The van der Waals surface area contributed by atoms with Gasteiger partial charge in [0.1, 0.15) is 11.5 Å². The quantitative estimate of drug-likeness (QED) is 0.822. The van der Waals surface area contributed by atoms with E-state index in [0.29, 0.717) is 17.2 Å². The molecule has 1 aliphatic heterocycles. The van der Waals surface area contributed by atoms with Crippen molar-refractivity contribution in [2.75, 3.05) is 11.9 Å². The Morgan fingerprint density at radius 2 is 1.64 bits per heavy atom. The standard InChI is InChI=1S/C19H18N2O4/c22-17(11-12-21-18(23)9-10-19(21)24)20-14-5-4-8-16(13-14)25-15-6-2-1-3-7-15/h1-8,13H,9-12H2,(H,20,22). The van der Waals surface area contributed by atoms with Crippen LogP contribution in [0.1, 0.15) is 19.3 Å². The summed E-state index contributed by atoms with van der Waals surface area (Å²) in [6.45, 7) is 0.115. The van der Waals surface area contributed by atoms with E-state index in [1.165, 1.54) is 0 Å². The number of hydrogen-bond acceptors (Lipinski definition) is 4. The number of carbonyl (C=O) groups excluding carboxylic acids is 3. The molecule has 3 rings (SSSR count). The molecule has 6 nitrogen and oxygen atoms in total. The maximum Gasteiger partial charge on any atom is 0.229 e. The van der Waals surface area contributed by atoms with Gasteiger partial charge in [-0.3, -0.25) is 19.3 Å². The summed E-state index contributed by atoms with van der Waals surface area (Å²) >= 11 is 0. The van der Waals surface area contributed by atoms with Gasteiger partial charge >= 0.3 is 0 Å². The van der Waals surface area contributed by atoms with E-state index in [0.717, 1.165) is 4.90 Å². The molecule has 0 radical (unpaired) electrons. The van der Waals surface area contributed by atoms with Gasteiger partial charge in [0.25, 0.3) is 0 Å². The van der Waals surface area contributed by atoms with Crippen LogP contribution in [0.2, 0.25) is 0 Å². The van der Waals surface area contributed by atoms with Crippen molar-refractivity contribution in [1.29, 1.82) is 0 Å². The summed E-state index contributed by atoms with van der Waals surface area (Å²) in [7, 11) is 0. The molecule has 0 saturated carbocycles. The number of benzene rings is 2. The highest BCUT2D eigenvalue weighted by molar-refractivity contribution is 6.02. The molecular formula is C19H18N2O4. The van der Waals surface area contributed by atoms with Gasteiger partial charge in [0.05, 0.1) is 0 Å². The molecule has 1 saturated heterocycles. The topological polar surface area (TPSA) is 75.7 Å². The number of anilines is 1. The Morgan fingerprint density at radius 3 is 2.36 bits per heavy atom. The van der Waals surface area contributed by atoms with Gasteiger partial charge in [-0.2, -0.15) is 0 Å².